The van der Waals surface area contributed by atoms with E-state index in [2.05, 4.69) is 0 Å². The Labute approximate surface area is 80.0 Å². The van der Waals surface area contributed by atoms with Gasteiger partial charge in [0.1, 0.15) is 0 Å². The topological polar surface area (TPSA) is 49.9 Å². The summed E-state index contributed by atoms with van der Waals surface area (Å²) < 4.78 is 5.13. The molecule has 0 N–H and O–H groups in total. The van der Waals surface area contributed by atoms with E-state index in [1.807, 2.05) is 0 Å². The minimum Gasteiger partial charge on any atom is -0.379 e. The maximum atomic E-state index is 11.3. The van der Waals surface area contributed by atoms with Crippen LogP contribution in [-0.2, 0) is 9.53 Å². The summed E-state index contributed by atoms with van der Waals surface area (Å²) in [5.74, 6) is 0.160. The van der Waals surface area contributed by atoms with Crippen molar-refractivity contribution in [3.8, 4) is 0 Å². The predicted octanol–water partition coefficient (Wildman–Crippen LogP) is -0.0710. The maximum Gasteiger partial charge on any atom is 0.303 e. The van der Waals surface area contributed by atoms with Crippen LogP contribution in [0.25, 0.3) is 0 Å². The molecule has 2 heterocycles. The van der Waals surface area contributed by atoms with Gasteiger partial charge in [-0.3, -0.25) is 9.59 Å². The van der Waals surface area contributed by atoms with Crippen molar-refractivity contribution >= 4 is 22.9 Å². The van der Waals surface area contributed by atoms with Crippen LogP contribution >= 0.6 is 11.8 Å². The van der Waals surface area contributed by atoms with Gasteiger partial charge in [-0.1, -0.05) is 11.8 Å². The summed E-state index contributed by atoms with van der Waals surface area (Å²) in [5, 5.41) is 2.84. The molecule has 2 aliphatic rings. The van der Waals surface area contributed by atoms with Gasteiger partial charge in [0.25, 0.3) is 5.91 Å². The number of amides is 2. The van der Waals surface area contributed by atoms with Crippen LogP contribution in [0.1, 0.15) is 0 Å². The minimum atomic E-state index is -0.160. The highest BCUT2D eigenvalue weighted by atomic mass is 32.2. The van der Waals surface area contributed by atoms with Gasteiger partial charge in [-0.25, -0.2) is 5.01 Å². The fraction of sp³-hybridized carbons (Fsp3) is 0.714. The quantitative estimate of drug-likeness (QED) is 0.595. The number of hydrogen-bond acceptors (Lipinski definition) is 5. The lowest BCUT2D eigenvalue weighted by molar-refractivity contribution is -0.142. The van der Waals surface area contributed by atoms with Gasteiger partial charge in [-0.05, 0) is 0 Å². The van der Waals surface area contributed by atoms with E-state index in [0.717, 1.165) is 11.8 Å². The van der Waals surface area contributed by atoms with Crippen LogP contribution in [0.2, 0.25) is 0 Å². The molecule has 0 unspecified atom stereocenters. The fourth-order valence-electron chi connectivity index (χ4n) is 1.37. The number of rotatable bonds is 1. The number of morpholine rings is 1. The summed E-state index contributed by atoms with van der Waals surface area (Å²) in [6, 6.07) is 0. The highest BCUT2D eigenvalue weighted by Crippen LogP contribution is 2.21. The van der Waals surface area contributed by atoms with Gasteiger partial charge in [0, 0.05) is 13.1 Å². The van der Waals surface area contributed by atoms with Crippen molar-refractivity contribution < 1.29 is 14.3 Å². The molecule has 0 saturated carbocycles. The standard InChI is InChI=1S/C7H10N2O3S/c10-6-5-13-7(11)9(6)8-1-3-12-4-2-8/h1-5H2. The van der Waals surface area contributed by atoms with Crippen molar-refractivity contribution in [2.24, 2.45) is 0 Å². The van der Waals surface area contributed by atoms with Gasteiger partial charge in [0.05, 0.1) is 19.0 Å². The second-order valence-corrected chi connectivity index (χ2v) is 3.75. The monoisotopic (exact) mass is 202 g/mol. The lowest BCUT2D eigenvalue weighted by Gasteiger charge is -2.32. The van der Waals surface area contributed by atoms with Crippen molar-refractivity contribution in [2.75, 3.05) is 32.1 Å². The van der Waals surface area contributed by atoms with Crippen molar-refractivity contribution in [3.63, 3.8) is 0 Å². The summed E-state index contributed by atoms with van der Waals surface area (Å²) in [7, 11) is 0. The predicted molar refractivity (Wildman–Crippen MR) is 47.1 cm³/mol. The van der Waals surface area contributed by atoms with E-state index in [1.54, 1.807) is 5.01 Å². The molecule has 2 rings (SSSR count). The molecule has 0 bridgehead atoms. The molecular weight excluding hydrogens is 192 g/mol. The summed E-state index contributed by atoms with van der Waals surface area (Å²) in [4.78, 5) is 22.6. The van der Waals surface area contributed by atoms with Crippen molar-refractivity contribution in [2.45, 2.75) is 0 Å². The molecule has 2 saturated heterocycles. The molecule has 2 amide bonds. The molecule has 0 aromatic carbocycles. The number of imide groups is 1. The van der Waals surface area contributed by atoms with Crippen LogP contribution in [0.15, 0.2) is 0 Å². The second kappa shape index (κ2) is 3.65. The third-order valence-corrected chi connectivity index (χ3v) is 2.81. The van der Waals surface area contributed by atoms with Crippen LogP contribution in [0, 0.1) is 0 Å². The van der Waals surface area contributed by atoms with Crippen molar-refractivity contribution in [3.05, 3.63) is 0 Å². The second-order valence-electron chi connectivity index (χ2n) is 2.83. The average molecular weight is 202 g/mol. The van der Waals surface area contributed by atoms with Crippen LogP contribution in [0.4, 0.5) is 4.79 Å². The number of carbonyl (C=O) groups excluding carboxylic acids is 2. The Morgan fingerprint density at radius 3 is 2.46 bits per heavy atom. The van der Waals surface area contributed by atoms with E-state index >= 15 is 0 Å². The minimum absolute atomic E-state index is 0.114. The Hall–Kier alpha value is -0.590. The molecule has 0 radical (unpaired) electrons. The smallest absolute Gasteiger partial charge is 0.303 e. The zero-order valence-electron chi connectivity index (χ0n) is 7.06. The summed E-state index contributed by atoms with van der Waals surface area (Å²) in [6.45, 7) is 2.42. The molecule has 0 atom stereocenters. The van der Waals surface area contributed by atoms with Crippen molar-refractivity contribution in [1.29, 1.82) is 0 Å². The molecule has 6 heteroatoms. The summed E-state index contributed by atoms with van der Waals surface area (Å²) in [6.07, 6.45) is 0. The van der Waals surface area contributed by atoms with E-state index in [-0.39, 0.29) is 16.9 Å². The van der Waals surface area contributed by atoms with Crippen LogP contribution in [-0.4, -0.2) is 53.2 Å². The van der Waals surface area contributed by atoms with E-state index in [9.17, 15) is 9.59 Å². The zero-order valence-corrected chi connectivity index (χ0v) is 7.88. The summed E-state index contributed by atoms with van der Waals surface area (Å²) in [5.41, 5.74) is 0. The number of hydrazine groups is 1. The molecule has 0 aromatic heterocycles. The summed E-state index contributed by atoms with van der Waals surface area (Å²) >= 11 is 1.06. The lowest BCUT2D eigenvalue weighted by Crippen LogP contribution is -2.50. The van der Waals surface area contributed by atoms with Gasteiger partial charge < -0.3 is 4.74 Å². The number of thioether (sulfide) groups is 1. The molecular formula is C7H10N2O3S. The molecule has 0 spiro atoms. The van der Waals surface area contributed by atoms with Crippen LogP contribution < -0.4 is 0 Å². The van der Waals surface area contributed by atoms with Crippen LogP contribution in [0.3, 0.4) is 0 Å². The highest BCUT2D eigenvalue weighted by molar-refractivity contribution is 8.14. The van der Waals surface area contributed by atoms with Crippen molar-refractivity contribution in [1.82, 2.24) is 10.0 Å². The number of ether oxygens (including phenoxy) is 1. The average Bonchev–Trinajstić information content (AvgIpc) is 2.48. The van der Waals surface area contributed by atoms with Gasteiger partial charge in [-0.15, -0.1) is 0 Å². The van der Waals surface area contributed by atoms with E-state index < -0.39 is 0 Å². The van der Waals surface area contributed by atoms with Gasteiger partial charge in [-0.2, -0.15) is 5.01 Å². The Balaban J connectivity index is 2.05. The number of nitrogens with zero attached hydrogens (tertiary/aromatic N) is 2. The number of hydrogen-bond donors (Lipinski definition) is 0. The van der Waals surface area contributed by atoms with Gasteiger partial charge >= 0.3 is 5.24 Å². The third kappa shape index (κ3) is 1.70. The Bertz CT molecular complexity index is 224. The Morgan fingerprint density at radius 1 is 1.23 bits per heavy atom. The Morgan fingerprint density at radius 2 is 1.92 bits per heavy atom. The molecule has 2 fully saturated rings. The number of carbonyl (C=O) groups is 2. The van der Waals surface area contributed by atoms with E-state index in [4.69, 9.17) is 4.74 Å². The molecule has 72 valence electrons. The third-order valence-electron chi connectivity index (χ3n) is 2.00. The molecule has 5 nitrogen and oxygen atoms in total. The fourth-order valence-corrected chi connectivity index (χ4v) is 2.08. The SMILES string of the molecule is O=C1CSC(=O)N1N1CCOCC1. The first-order valence-electron chi connectivity index (χ1n) is 4.11. The molecule has 13 heavy (non-hydrogen) atoms. The van der Waals surface area contributed by atoms with Crippen LogP contribution in [0.5, 0.6) is 0 Å². The lowest BCUT2D eigenvalue weighted by atomic mass is 10.5. The van der Waals surface area contributed by atoms with E-state index in [1.165, 1.54) is 5.01 Å². The van der Waals surface area contributed by atoms with Gasteiger partial charge in [0.2, 0.25) is 0 Å². The normalized spacial score (nSPS) is 25.7. The first-order chi connectivity index (χ1) is 6.29. The maximum absolute atomic E-state index is 11.3. The highest BCUT2D eigenvalue weighted by Gasteiger charge is 2.35. The first kappa shape index (κ1) is 8.98. The zero-order chi connectivity index (χ0) is 9.26. The molecule has 0 aromatic rings. The first-order valence-corrected chi connectivity index (χ1v) is 5.10. The van der Waals surface area contributed by atoms with E-state index in [0.29, 0.717) is 26.3 Å². The molecule has 2 aliphatic heterocycles. The molecule has 0 aliphatic carbocycles. The van der Waals surface area contributed by atoms with Gasteiger partial charge in [0.15, 0.2) is 0 Å². The largest absolute Gasteiger partial charge is 0.379 e. The Kier molecular flexibility index (Phi) is 2.52.